The van der Waals surface area contributed by atoms with Gasteiger partial charge in [0.25, 0.3) is 5.91 Å². The van der Waals surface area contributed by atoms with E-state index in [1.165, 1.54) is 16.9 Å². The third-order valence-corrected chi connectivity index (χ3v) is 4.54. The Kier molecular flexibility index (Phi) is 4.86. The van der Waals surface area contributed by atoms with Gasteiger partial charge in [-0.3, -0.25) is 9.89 Å². The molecule has 1 aromatic carbocycles. The second kappa shape index (κ2) is 7.23. The van der Waals surface area contributed by atoms with Crippen LogP contribution in [-0.4, -0.2) is 22.3 Å². The van der Waals surface area contributed by atoms with Crippen LogP contribution in [0.4, 0.5) is 0 Å². The van der Waals surface area contributed by atoms with Crippen molar-refractivity contribution >= 4 is 23.5 Å². The number of aromatic nitrogens is 2. The van der Waals surface area contributed by atoms with Crippen LogP contribution in [0, 0.1) is 6.92 Å². The van der Waals surface area contributed by atoms with E-state index < -0.39 is 0 Å². The van der Waals surface area contributed by atoms with E-state index in [1.54, 1.807) is 12.4 Å². The average molecular weight is 338 g/mol. The van der Waals surface area contributed by atoms with E-state index in [9.17, 15) is 4.79 Å². The maximum atomic E-state index is 12.0. The van der Waals surface area contributed by atoms with E-state index >= 15 is 0 Å². The number of hydrogen-bond acceptors (Lipinski definition) is 4. The summed E-state index contributed by atoms with van der Waals surface area (Å²) in [6, 6.07) is 10.1. The summed E-state index contributed by atoms with van der Waals surface area (Å²) in [6.45, 7) is 4.09. The number of thiophene rings is 1. The molecule has 0 radical (unpaired) electrons. The maximum absolute atomic E-state index is 12.0. The summed E-state index contributed by atoms with van der Waals surface area (Å²) in [4.78, 5) is 13.1. The Morgan fingerprint density at radius 1 is 1.38 bits per heavy atom. The number of rotatable bonds is 5. The molecule has 0 aliphatic rings. The molecule has 1 amide bonds. The second-order valence-electron chi connectivity index (χ2n) is 5.40. The van der Waals surface area contributed by atoms with Crippen molar-refractivity contribution in [2.24, 2.45) is 5.10 Å². The summed E-state index contributed by atoms with van der Waals surface area (Å²) in [7, 11) is 0. The fourth-order valence-corrected chi connectivity index (χ4v) is 3.00. The standard InChI is InChI=1S/C18H18N4OS/c1-3-13-4-6-14(7-5-13)17-16(9-19-21-17)10-20-22-18(23)15-8-12(2)24-11-15/h4-11H,3H2,1-2H3,(H,19,21)(H,22,23). The largest absolute Gasteiger partial charge is 0.277 e. The normalized spacial score (nSPS) is 11.1. The first-order chi connectivity index (χ1) is 11.7. The van der Waals surface area contributed by atoms with E-state index in [2.05, 4.69) is 51.9 Å². The van der Waals surface area contributed by atoms with Gasteiger partial charge in [0.1, 0.15) is 0 Å². The van der Waals surface area contributed by atoms with Crippen LogP contribution in [-0.2, 0) is 6.42 Å². The van der Waals surface area contributed by atoms with Gasteiger partial charge in [0, 0.05) is 21.4 Å². The molecular formula is C18H18N4OS. The van der Waals surface area contributed by atoms with Gasteiger partial charge in [0.2, 0.25) is 0 Å². The molecule has 122 valence electrons. The molecule has 3 rings (SSSR count). The van der Waals surface area contributed by atoms with Crippen molar-refractivity contribution < 1.29 is 4.79 Å². The van der Waals surface area contributed by atoms with Crippen LogP contribution >= 0.6 is 11.3 Å². The minimum atomic E-state index is -0.215. The molecule has 0 spiro atoms. The van der Waals surface area contributed by atoms with Crippen LogP contribution in [0.5, 0.6) is 0 Å². The molecule has 2 heterocycles. The third-order valence-electron chi connectivity index (χ3n) is 3.68. The molecule has 2 N–H and O–H groups in total. The molecule has 0 bridgehead atoms. The monoisotopic (exact) mass is 338 g/mol. The van der Waals surface area contributed by atoms with Gasteiger partial charge in [-0.2, -0.15) is 10.2 Å². The van der Waals surface area contributed by atoms with Crippen molar-refractivity contribution in [1.29, 1.82) is 0 Å². The summed E-state index contributed by atoms with van der Waals surface area (Å²) < 4.78 is 0. The summed E-state index contributed by atoms with van der Waals surface area (Å²) in [5.74, 6) is -0.215. The van der Waals surface area contributed by atoms with Crippen LogP contribution in [0.3, 0.4) is 0 Å². The number of H-pyrrole nitrogens is 1. The van der Waals surface area contributed by atoms with Gasteiger partial charge in [0.05, 0.1) is 23.7 Å². The minimum absolute atomic E-state index is 0.215. The second-order valence-corrected chi connectivity index (χ2v) is 6.51. The van der Waals surface area contributed by atoms with Crippen molar-refractivity contribution in [1.82, 2.24) is 15.6 Å². The van der Waals surface area contributed by atoms with Gasteiger partial charge in [-0.1, -0.05) is 31.2 Å². The number of nitrogens with zero attached hydrogens (tertiary/aromatic N) is 2. The molecule has 2 aromatic heterocycles. The molecule has 5 nitrogen and oxygen atoms in total. The molecule has 0 aliphatic heterocycles. The molecule has 0 saturated carbocycles. The molecule has 0 fully saturated rings. The van der Waals surface area contributed by atoms with E-state index in [4.69, 9.17) is 0 Å². The quantitative estimate of drug-likeness (QED) is 0.549. The van der Waals surface area contributed by atoms with Crippen LogP contribution in [0.2, 0.25) is 0 Å². The lowest BCUT2D eigenvalue weighted by Crippen LogP contribution is -2.16. The highest BCUT2D eigenvalue weighted by Gasteiger charge is 2.08. The molecular weight excluding hydrogens is 320 g/mol. The van der Waals surface area contributed by atoms with Crippen LogP contribution in [0.1, 0.15) is 33.3 Å². The molecule has 6 heteroatoms. The van der Waals surface area contributed by atoms with Gasteiger partial charge in [-0.25, -0.2) is 5.43 Å². The molecule has 0 unspecified atom stereocenters. The first kappa shape index (κ1) is 16.1. The molecule has 0 atom stereocenters. The van der Waals surface area contributed by atoms with Gasteiger partial charge >= 0.3 is 0 Å². The summed E-state index contributed by atoms with van der Waals surface area (Å²) in [6.07, 6.45) is 4.29. The molecule has 0 aliphatic carbocycles. The van der Waals surface area contributed by atoms with E-state index in [1.807, 2.05) is 18.4 Å². The Bertz CT molecular complexity index is 861. The predicted octanol–water partition coefficient (Wildman–Crippen LogP) is 3.77. The highest BCUT2D eigenvalue weighted by atomic mass is 32.1. The van der Waals surface area contributed by atoms with Crippen LogP contribution in [0.15, 0.2) is 47.0 Å². The molecule has 3 aromatic rings. The van der Waals surface area contributed by atoms with Crippen molar-refractivity contribution in [2.75, 3.05) is 0 Å². The van der Waals surface area contributed by atoms with Crippen molar-refractivity contribution in [3.05, 3.63) is 63.5 Å². The number of hydrogen-bond donors (Lipinski definition) is 2. The number of aromatic amines is 1. The van der Waals surface area contributed by atoms with Crippen molar-refractivity contribution in [3.8, 4) is 11.3 Å². The number of carbonyl (C=O) groups excluding carboxylic acids is 1. The van der Waals surface area contributed by atoms with Crippen molar-refractivity contribution in [3.63, 3.8) is 0 Å². The van der Waals surface area contributed by atoms with Gasteiger partial charge < -0.3 is 0 Å². The Labute approximate surface area is 144 Å². The summed E-state index contributed by atoms with van der Waals surface area (Å²) >= 11 is 1.54. The zero-order chi connectivity index (χ0) is 16.9. The van der Waals surface area contributed by atoms with Crippen LogP contribution < -0.4 is 5.43 Å². The fourth-order valence-electron chi connectivity index (χ4n) is 2.32. The SMILES string of the molecule is CCc1ccc(-c2[nH]ncc2C=NNC(=O)c2csc(C)c2)cc1. The smallest absolute Gasteiger partial charge is 0.272 e. The first-order valence-corrected chi connectivity index (χ1v) is 8.56. The van der Waals surface area contributed by atoms with Crippen LogP contribution in [0.25, 0.3) is 11.3 Å². The van der Waals surface area contributed by atoms with Crippen molar-refractivity contribution in [2.45, 2.75) is 20.3 Å². The average Bonchev–Trinajstić information content (AvgIpc) is 3.24. The number of benzene rings is 1. The Hall–Kier alpha value is -2.73. The Balaban J connectivity index is 1.71. The zero-order valence-electron chi connectivity index (χ0n) is 13.5. The van der Waals surface area contributed by atoms with E-state index in [0.29, 0.717) is 5.56 Å². The molecule has 24 heavy (non-hydrogen) atoms. The van der Waals surface area contributed by atoms with E-state index in [0.717, 1.165) is 28.1 Å². The summed E-state index contributed by atoms with van der Waals surface area (Å²) in [5, 5.41) is 12.9. The zero-order valence-corrected chi connectivity index (χ0v) is 14.4. The topological polar surface area (TPSA) is 70.1 Å². The first-order valence-electron chi connectivity index (χ1n) is 7.68. The number of amides is 1. The highest BCUT2D eigenvalue weighted by Crippen LogP contribution is 2.20. The number of carbonyl (C=O) groups is 1. The summed E-state index contributed by atoms with van der Waals surface area (Å²) in [5.41, 5.74) is 7.18. The lowest BCUT2D eigenvalue weighted by Gasteiger charge is -2.02. The number of nitrogens with one attached hydrogen (secondary N) is 2. The Morgan fingerprint density at radius 2 is 2.17 bits per heavy atom. The van der Waals surface area contributed by atoms with E-state index in [-0.39, 0.29) is 5.91 Å². The lowest BCUT2D eigenvalue weighted by molar-refractivity contribution is 0.0955. The minimum Gasteiger partial charge on any atom is -0.277 e. The lowest BCUT2D eigenvalue weighted by atomic mass is 10.1. The fraction of sp³-hybridized carbons (Fsp3) is 0.167. The Morgan fingerprint density at radius 3 is 2.83 bits per heavy atom. The molecule has 0 saturated heterocycles. The van der Waals surface area contributed by atoms with Gasteiger partial charge in [-0.15, -0.1) is 11.3 Å². The van der Waals surface area contributed by atoms with Gasteiger partial charge in [-0.05, 0) is 25.0 Å². The maximum Gasteiger partial charge on any atom is 0.272 e. The third kappa shape index (κ3) is 3.60. The van der Waals surface area contributed by atoms with Gasteiger partial charge in [0.15, 0.2) is 0 Å². The highest BCUT2D eigenvalue weighted by molar-refractivity contribution is 7.10. The predicted molar refractivity (Wildman–Crippen MR) is 97.5 cm³/mol. The number of hydrazone groups is 1. The number of aryl methyl sites for hydroxylation is 2.